The van der Waals surface area contributed by atoms with Crippen molar-refractivity contribution in [2.75, 3.05) is 26.2 Å². The maximum Gasteiger partial charge on any atom is 0.416 e. The quantitative estimate of drug-likeness (QED) is 0.359. The minimum absolute atomic E-state index is 0.268. The lowest BCUT2D eigenvalue weighted by atomic mass is 10.1. The highest BCUT2D eigenvalue weighted by molar-refractivity contribution is 5.80. The molecule has 0 aliphatic carbocycles. The number of hydrogen-bond acceptors (Lipinski definition) is 4. The Hall–Kier alpha value is -2.62. The molecule has 170 valence electrons. The average molecular weight is 438 g/mol. The van der Waals surface area contributed by atoms with Gasteiger partial charge in [0, 0.05) is 45.3 Å². The van der Waals surface area contributed by atoms with Crippen molar-refractivity contribution in [3.8, 4) is 0 Å². The highest BCUT2D eigenvalue weighted by Crippen LogP contribution is 2.29. The van der Waals surface area contributed by atoms with Crippen molar-refractivity contribution in [3.63, 3.8) is 0 Å². The summed E-state index contributed by atoms with van der Waals surface area (Å²) in [5, 5.41) is 14.4. The molecule has 10 heteroatoms. The lowest BCUT2D eigenvalue weighted by Crippen LogP contribution is -2.44. The molecule has 0 saturated carbocycles. The first-order chi connectivity index (χ1) is 14.9. The number of hydrogen-bond donors (Lipinski definition) is 2. The summed E-state index contributed by atoms with van der Waals surface area (Å²) >= 11 is 0. The zero-order chi connectivity index (χ0) is 22.1. The SMILES string of the molecule is CCNC(=NCCCCn1cnnc1)NC1CCN(Cc2ccc(C(F)(F)F)cc2)C1. The predicted molar refractivity (Wildman–Crippen MR) is 113 cm³/mol. The third-order valence-electron chi connectivity index (χ3n) is 5.21. The molecule has 1 aromatic heterocycles. The first-order valence-corrected chi connectivity index (χ1v) is 10.7. The highest BCUT2D eigenvalue weighted by atomic mass is 19.4. The smallest absolute Gasteiger partial charge is 0.357 e. The van der Waals surface area contributed by atoms with E-state index in [-0.39, 0.29) is 6.04 Å². The molecule has 7 nitrogen and oxygen atoms in total. The molecule has 1 unspecified atom stereocenters. The van der Waals surface area contributed by atoms with Crippen LogP contribution in [0, 0.1) is 0 Å². The van der Waals surface area contributed by atoms with Gasteiger partial charge in [0.05, 0.1) is 5.56 Å². The zero-order valence-electron chi connectivity index (χ0n) is 17.8. The monoisotopic (exact) mass is 437 g/mol. The Bertz CT molecular complexity index is 803. The van der Waals surface area contributed by atoms with Crippen molar-refractivity contribution in [3.05, 3.63) is 48.0 Å². The number of unbranched alkanes of at least 4 members (excludes halogenated alkanes) is 1. The van der Waals surface area contributed by atoms with Crippen molar-refractivity contribution in [2.45, 2.75) is 51.5 Å². The second-order valence-electron chi connectivity index (χ2n) is 7.73. The molecule has 1 atom stereocenters. The molecular formula is C21H30F3N7. The number of likely N-dealkylation sites (tertiary alicyclic amines) is 1. The van der Waals surface area contributed by atoms with Gasteiger partial charge in [-0.3, -0.25) is 9.89 Å². The molecule has 1 aliphatic heterocycles. The van der Waals surface area contributed by atoms with Crippen molar-refractivity contribution < 1.29 is 13.2 Å². The Morgan fingerprint density at radius 1 is 1.16 bits per heavy atom. The summed E-state index contributed by atoms with van der Waals surface area (Å²) in [6, 6.07) is 5.70. The zero-order valence-corrected chi connectivity index (χ0v) is 17.8. The molecule has 0 amide bonds. The number of aryl methyl sites for hydroxylation is 1. The Morgan fingerprint density at radius 3 is 2.58 bits per heavy atom. The molecule has 0 spiro atoms. The Balaban J connectivity index is 1.42. The third-order valence-corrected chi connectivity index (χ3v) is 5.21. The van der Waals surface area contributed by atoms with Crippen LogP contribution in [0.3, 0.4) is 0 Å². The normalized spacial score (nSPS) is 17.8. The van der Waals surface area contributed by atoms with Gasteiger partial charge in [0.1, 0.15) is 12.7 Å². The first-order valence-electron chi connectivity index (χ1n) is 10.7. The van der Waals surface area contributed by atoms with Gasteiger partial charge in [-0.2, -0.15) is 13.2 Å². The third kappa shape index (κ3) is 7.54. The van der Waals surface area contributed by atoms with Gasteiger partial charge in [0.15, 0.2) is 5.96 Å². The second kappa shape index (κ2) is 11.1. The predicted octanol–water partition coefficient (Wildman–Crippen LogP) is 2.91. The van der Waals surface area contributed by atoms with Crippen molar-refractivity contribution in [2.24, 2.45) is 4.99 Å². The van der Waals surface area contributed by atoms with Crippen LogP contribution < -0.4 is 10.6 Å². The van der Waals surface area contributed by atoms with Crippen LogP contribution in [0.4, 0.5) is 13.2 Å². The minimum Gasteiger partial charge on any atom is -0.357 e. The number of halogens is 3. The van der Waals surface area contributed by atoms with Crippen LogP contribution >= 0.6 is 0 Å². The number of alkyl halides is 3. The molecule has 3 rings (SSSR count). The summed E-state index contributed by atoms with van der Waals surface area (Å²) in [6.07, 6.45) is 2.08. The number of nitrogens with one attached hydrogen (secondary N) is 2. The van der Waals surface area contributed by atoms with E-state index < -0.39 is 11.7 Å². The van der Waals surface area contributed by atoms with Crippen LogP contribution in [0.5, 0.6) is 0 Å². The van der Waals surface area contributed by atoms with Crippen LogP contribution in [0.15, 0.2) is 41.9 Å². The minimum atomic E-state index is -4.29. The van der Waals surface area contributed by atoms with E-state index in [1.54, 1.807) is 24.8 Å². The maximum absolute atomic E-state index is 12.7. The summed E-state index contributed by atoms with van der Waals surface area (Å²) in [5.41, 5.74) is 0.285. The van der Waals surface area contributed by atoms with E-state index in [4.69, 9.17) is 0 Å². The van der Waals surface area contributed by atoms with E-state index in [0.717, 1.165) is 75.6 Å². The van der Waals surface area contributed by atoms with E-state index >= 15 is 0 Å². The second-order valence-corrected chi connectivity index (χ2v) is 7.73. The largest absolute Gasteiger partial charge is 0.416 e. The van der Waals surface area contributed by atoms with Gasteiger partial charge in [-0.1, -0.05) is 12.1 Å². The van der Waals surface area contributed by atoms with Crippen LogP contribution in [-0.2, 0) is 19.3 Å². The highest BCUT2D eigenvalue weighted by Gasteiger charge is 2.30. The molecule has 0 radical (unpaired) electrons. The first kappa shape index (κ1) is 23.1. The molecule has 1 saturated heterocycles. The molecule has 2 heterocycles. The van der Waals surface area contributed by atoms with Gasteiger partial charge in [0.2, 0.25) is 0 Å². The molecule has 1 fully saturated rings. The average Bonchev–Trinajstić information content (AvgIpc) is 3.40. The Labute approximate surface area is 180 Å². The van der Waals surface area contributed by atoms with Gasteiger partial charge in [-0.05, 0) is 43.9 Å². The van der Waals surface area contributed by atoms with Crippen molar-refractivity contribution in [1.29, 1.82) is 0 Å². The molecule has 2 N–H and O–H groups in total. The molecule has 1 aromatic carbocycles. The van der Waals surface area contributed by atoms with Gasteiger partial charge in [0.25, 0.3) is 0 Å². The van der Waals surface area contributed by atoms with Crippen LogP contribution in [-0.4, -0.2) is 57.8 Å². The van der Waals surface area contributed by atoms with Crippen molar-refractivity contribution in [1.82, 2.24) is 30.3 Å². The lowest BCUT2D eigenvalue weighted by molar-refractivity contribution is -0.137. The molecule has 0 bridgehead atoms. The van der Waals surface area contributed by atoms with E-state index in [0.29, 0.717) is 6.54 Å². The summed E-state index contributed by atoms with van der Waals surface area (Å²) < 4.78 is 40.1. The number of benzene rings is 1. The fourth-order valence-electron chi connectivity index (χ4n) is 3.60. The summed E-state index contributed by atoms with van der Waals surface area (Å²) in [6.45, 7) is 6.82. The van der Waals surface area contributed by atoms with Gasteiger partial charge < -0.3 is 15.2 Å². The Morgan fingerprint density at radius 2 is 1.90 bits per heavy atom. The Kier molecular flexibility index (Phi) is 8.27. The summed E-state index contributed by atoms with van der Waals surface area (Å²) in [4.78, 5) is 6.92. The van der Waals surface area contributed by atoms with E-state index in [1.807, 2.05) is 11.5 Å². The summed E-state index contributed by atoms with van der Waals surface area (Å²) in [7, 11) is 0. The number of aliphatic imine (C=N–C) groups is 1. The van der Waals surface area contributed by atoms with Gasteiger partial charge >= 0.3 is 6.18 Å². The maximum atomic E-state index is 12.7. The van der Waals surface area contributed by atoms with E-state index in [9.17, 15) is 13.2 Å². The van der Waals surface area contributed by atoms with Crippen LogP contribution in [0.1, 0.15) is 37.3 Å². The lowest BCUT2D eigenvalue weighted by Gasteiger charge is -2.19. The fraction of sp³-hybridized carbons (Fsp3) is 0.571. The molecule has 31 heavy (non-hydrogen) atoms. The molecule has 2 aromatic rings. The van der Waals surface area contributed by atoms with Gasteiger partial charge in [-0.25, -0.2) is 0 Å². The fourth-order valence-corrected chi connectivity index (χ4v) is 3.60. The topological polar surface area (TPSA) is 70.4 Å². The molecular weight excluding hydrogens is 407 g/mol. The number of guanidine groups is 1. The standard InChI is InChI=1S/C21H30F3N7/c1-2-25-20(26-10-3-4-11-31-15-27-28-16-31)29-19-9-12-30(14-19)13-17-5-7-18(8-6-17)21(22,23)24/h5-8,15-16,19H,2-4,9-14H2,1H3,(H2,25,26,29). The van der Waals surface area contributed by atoms with E-state index in [1.165, 1.54) is 0 Å². The van der Waals surface area contributed by atoms with Crippen molar-refractivity contribution >= 4 is 5.96 Å². The van der Waals surface area contributed by atoms with Crippen LogP contribution in [0.25, 0.3) is 0 Å². The number of aromatic nitrogens is 3. The number of nitrogens with zero attached hydrogens (tertiary/aromatic N) is 5. The van der Waals surface area contributed by atoms with Crippen LogP contribution in [0.2, 0.25) is 0 Å². The molecule has 1 aliphatic rings. The summed E-state index contributed by atoms with van der Waals surface area (Å²) in [5.74, 6) is 0.813. The number of rotatable bonds is 9. The van der Waals surface area contributed by atoms with E-state index in [2.05, 4.69) is 30.7 Å². The van der Waals surface area contributed by atoms with Gasteiger partial charge in [-0.15, -0.1) is 10.2 Å².